The number of carbonyl (C=O) groups excluding carboxylic acids is 2. The van der Waals surface area contributed by atoms with Gasteiger partial charge in [-0.25, -0.2) is 0 Å². The number of carbonyl (C=O) groups is 2. The van der Waals surface area contributed by atoms with Gasteiger partial charge in [0.15, 0.2) is 0 Å². The number of hydrogen-bond donors (Lipinski definition) is 1. The van der Waals surface area contributed by atoms with Gasteiger partial charge >= 0.3 is 0 Å². The van der Waals surface area contributed by atoms with Crippen LogP contribution in [0, 0.1) is 0 Å². The highest BCUT2D eigenvalue weighted by Gasteiger charge is 2.29. The normalized spacial score (nSPS) is 11.5. The first-order chi connectivity index (χ1) is 14.0. The number of nitrogens with zero attached hydrogens (tertiary/aromatic N) is 1. The molecule has 0 saturated heterocycles. The van der Waals surface area contributed by atoms with E-state index in [-0.39, 0.29) is 11.8 Å². The summed E-state index contributed by atoms with van der Waals surface area (Å²) in [6.07, 6.45) is 0. The highest BCUT2D eigenvalue weighted by Crippen LogP contribution is 2.24. The molecule has 3 aromatic carbocycles. The molecule has 1 unspecified atom stereocenters. The summed E-state index contributed by atoms with van der Waals surface area (Å²) in [4.78, 5) is 27.3. The summed E-state index contributed by atoms with van der Waals surface area (Å²) in [5.74, 6) is -0.387. The second kappa shape index (κ2) is 9.89. The molecular weight excluding hydrogens is 384 g/mol. The highest BCUT2D eigenvalue weighted by atomic mass is 35.5. The summed E-state index contributed by atoms with van der Waals surface area (Å²) >= 11 is 5.93. The molecule has 1 atom stereocenters. The maximum atomic E-state index is 13.2. The molecule has 148 valence electrons. The lowest BCUT2D eigenvalue weighted by molar-refractivity contribution is -0.140. The lowest BCUT2D eigenvalue weighted by atomic mass is 10.0. The monoisotopic (exact) mass is 406 g/mol. The van der Waals surface area contributed by atoms with Crippen LogP contribution < -0.4 is 5.32 Å². The quantitative estimate of drug-likeness (QED) is 0.615. The molecule has 0 aromatic heterocycles. The van der Waals surface area contributed by atoms with E-state index >= 15 is 0 Å². The van der Waals surface area contributed by atoms with Crippen molar-refractivity contribution in [3.63, 3.8) is 0 Å². The Balaban J connectivity index is 1.85. The molecule has 0 radical (unpaired) electrons. The van der Waals surface area contributed by atoms with E-state index < -0.39 is 6.04 Å². The molecule has 0 heterocycles. The number of nitrogens with one attached hydrogen (secondary N) is 1. The Labute approximate surface area is 176 Å². The number of benzene rings is 3. The van der Waals surface area contributed by atoms with Crippen molar-refractivity contribution in [2.24, 2.45) is 0 Å². The van der Waals surface area contributed by atoms with Gasteiger partial charge in [-0.3, -0.25) is 9.59 Å². The minimum atomic E-state index is -0.721. The van der Waals surface area contributed by atoms with Crippen LogP contribution in [0.25, 0.3) is 0 Å². The van der Waals surface area contributed by atoms with Crippen molar-refractivity contribution in [1.29, 1.82) is 0 Å². The van der Waals surface area contributed by atoms with E-state index in [9.17, 15) is 9.59 Å². The van der Waals surface area contributed by atoms with Gasteiger partial charge in [-0.2, -0.15) is 0 Å². The lowest BCUT2D eigenvalue weighted by Crippen LogP contribution is -2.42. The maximum Gasteiger partial charge on any atom is 0.247 e. The van der Waals surface area contributed by atoms with E-state index in [4.69, 9.17) is 11.6 Å². The van der Waals surface area contributed by atoms with Crippen LogP contribution in [-0.4, -0.2) is 16.7 Å². The van der Waals surface area contributed by atoms with Crippen LogP contribution in [0.4, 0.5) is 0 Å². The zero-order valence-corrected chi connectivity index (χ0v) is 17.0. The van der Waals surface area contributed by atoms with Crippen LogP contribution in [0.2, 0.25) is 5.02 Å². The molecule has 3 aromatic rings. The molecule has 3 rings (SSSR count). The van der Waals surface area contributed by atoms with Crippen molar-refractivity contribution < 1.29 is 9.59 Å². The first-order valence-electron chi connectivity index (χ1n) is 9.43. The second-order valence-corrected chi connectivity index (χ2v) is 7.23. The number of rotatable bonds is 7. The molecule has 0 saturated carbocycles. The zero-order chi connectivity index (χ0) is 20.6. The first-order valence-corrected chi connectivity index (χ1v) is 9.80. The van der Waals surface area contributed by atoms with E-state index in [1.54, 1.807) is 17.0 Å². The van der Waals surface area contributed by atoms with Crippen molar-refractivity contribution in [2.45, 2.75) is 26.1 Å². The van der Waals surface area contributed by atoms with Crippen molar-refractivity contribution in [2.75, 3.05) is 0 Å². The molecule has 0 bridgehead atoms. The molecule has 2 amide bonds. The minimum Gasteiger partial charge on any atom is -0.350 e. The Bertz CT molecular complexity index is 944. The van der Waals surface area contributed by atoms with Gasteiger partial charge in [-0.1, -0.05) is 84.4 Å². The van der Waals surface area contributed by atoms with Crippen molar-refractivity contribution in [3.05, 3.63) is 107 Å². The van der Waals surface area contributed by atoms with Crippen LogP contribution in [0.3, 0.4) is 0 Å². The summed E-state index contributed by atoms with van der Waals surface area (Å²) in [7, 11) is 0. The van der Waals surface area contributed by atoms with Crippen LogP contribution in [-0.2, 0) is 22.7 Å². The zero-order valence-electron chi connectivity index (χ0n) is 16.2. The highest BCUT2D eigenvalue weighted by molar-refractivity contribution is 6.30. The molecule has 29 heavy (non-hydrogen) atoms. The largest absolute Gasteiger partial charge is 0.350 e. The predicted octanol–water partition coefficient (Wildman–Crippen LogP) is 4.75. The Morgan fingerprint density at radius 3 is 2.03 bits per heavy atom. The van der Waals surface area contributed by atoms with E-state index in [0.717, 1.165) is 16.7 Å². The molecule has 0 aliphatic rings. The van der Waals surface area contributed by atoms with Gasteiger partial charge in [0, 0.05) is 25.0 Å². The molecule has 0 aliphatic carbocycles. The van der Waals surface area contributed by atoms with Gasteiger partial charge in [0.2, 0.25) is 11.8 Å². The van der Waals surface area contributed by atoms with E-state index in [1.165, 1.54) is 6.92 Å². The van der Waals surface area contributed by atoms with Gasteiger partial charge in [0.05, 0.1) is 0 Å². The molecule has 5 heteroatoms. The second-order valence-electron chi connectivity index (χ2n) is 6.79. The Morgan fingerprint density at radius 1 is 0.862 bits per heavy atom. The van der Waals surface area contributed by atoms with Gasteiger partial charge in [-0.05, 0) is 28.8 Å². The third kappa shape index (κ3) is 5.69. The molecular formula is C24H23ClN2O2. The van der Waals surface area contributed by atoms with Crippen molar-refractivity contribution in [1.82, 2.24) is 10.2 Å². The Morgan fingerprint density at radius 2 is 1.45 bits per heavy atom. The number of amides is 2. The summed E-state index contributed by atoms with van der Waals surface area (Å²) in [5.41, 5.74) is 2.67. The standard InChI is InChI=1S/C24H23ClN2O2/c1-18(28)27(17-20-8-4-2-5-9-20)23(21-10-6-3-7-11-21)24(29)26-16-19-12-14-22(25)15-13-19/h2-15,23H,16-17H2,1H3,(H,26,29). The Kier molecular flexibility index (Phi) is 7.04. The Hall–Kier alpha value is -3.11. The average molecular weight is 407 g/mol. The van der Waals surface area contributed by atoms with Crippen LogP contribution in [0.5, 0.6) is 0 Å². The topological polar surface area (TPSA) is 49.4 Å². The van der Waals surface area contributed by atoms with E-state index in [2.05, 4.69) is 5.32 Å². The third-order valence-electron chi connectivity index (χ3n) is 4.66. The third-order valence-corrected chi connectivity index (χ3v) is 4.91. The van der Waals surface area contributed by atoms with Crippen molar-refractivity contribution >= 4 is 23.4 Å². The van der Waals surface area contributed by atoms with Gasteiger partial charge in [-0.15, -0.1) is 0 Å². The molecule has 0 spiro atoms. The molecule has 0 aliphatic heterocycles. The predicted molar refractivity (Wildman–Crippen MR) is 115 cm³/mol. The molecule has 1 N–H and O–H groups in total. The summed E-state index contributed by atoms with van der Waals surface area (Å²) in [5, 5.41) is 3.61. The van der Waals surface area contributed by atoms with Gasteiger partial charge < -0.3 is 10.2 Å². The summed E-state index contributed by atoms with van der Waals surface area (Å²) in [6.45, 7) is 2.20. The van der Waals surface area contributed by atoms with E-state index in [1.807, 2.05) is 72.8 Å². The first kappa shape index (κ1) is 20.6. The fourth-order valence-electron chi connectivity index (χ4n) is 3.16. The van der Waals surface area contributed by atoms with Crippen molar-refractivity contribution in [3.8, 4) is 0 Å². The smallest absolute Gasteiger partial charge is 0.247 e. The summed E-state index contributed by atoms with van der Waals surface area (Å²) in [6, 6.07) is 25.6. The van der Waals surface area contributed by atoms with E-state index in [0.29, 0.717) is 18.1 Å². The number of hydrogen-bond acceptors (Lipinski definition) is 2. The van der Waals surface area contributed by atoms with Crippen LogP contribution in [0.15, 0.2) is 84.9 Å². The van der Waals surface area contributed by atoms with Gasteiger partial charge in [0.1, 0.15) is 6.04 Å². The van der Waals surface area contributed by atoms with Crippen LogP contribution >= 0.6 is 11.6 Å². The fraction of sp³-hybridized carbons (Fsp3) is 0.167. The summed E-state index contributed by atoms with van der Waals surface area (Å²) < 4.78 is 0. The SMILES string of the molecule is CC(=O)N(Cc1ccccc1)C(C(=O)NCc1ccc(Cl)cc1)c1ccccc1. The molecule has 4 nitrogen and oxygen atoms in total. The average Bonchev–Trinajstić information content (AvgIpc) is 2.74. The van der Waals surface area contributed by atoms with Gasteiger partial charge in [0.25, 0.3) is 0 Å². The fourth-order valence-corrected chi connectivity index (χ4v) is 3.29. The number of halogens is 1. The lowest BCUT2D eigenvalue weighted by Gasteiger charge is -2.30. The minimum absolute atomic E-state index is 0.163. The maximum absolute atomic E-state index is 13.2. The molecule has 0 fully saturated rings. The van der Waals surface area contributed by atoms with Crippen LogP contribution in [0.1, 0.15) is 29.7 Å².